The molecule has 6 bridgehead atoms. The number of ether oxygens (including phenoxy) is 2. The number of anilines is 4. The molecule has 17 nitrogen and oxygen atoms in total. The van der Waals surface area contributed by atoms with Crippen molar-refractivity contribution in [3.63, 3.8) is 0 Å². The van der Waals surface area contributed by atoms with Gasteiger partial charge in [0.15, 0.2) is 13.2 Å². The van der Waals surface area contributed by atoms with E-state index in [-0.39, 0.29) is 45.9 Å². The minimum atomic E-state index is -0.845. The van der Waals surface area contributed by atoms with Crippen LogP contribution < -0.4 is 30.7 Å². The summed E-state index contributed by atoms with van der Waals surface area (Å²) in [5, 5.41) is 45.0. The summed E-state index contributed by atoms with van der Waals surface area (Å²) in [7, 11) is 0. The number of nitrogens with zero attached hydrogens (tertiary/aromatic N) is 5. The number of hydrogen-bond donors (Lipinski definition) is 4. The molecule has 0 aliphatic carbocycles. The Labute approximate surface area is 414 Å². The number of non-ortho nitro benzene ring substituents is 1. The Kier molecular flexibility index (Phi) is 12.4. The lowest BCUT2D eigenvalue weighted by Crippen LogP contribution is -2.22. The summed E-state index contributed by atoms with van der Waals surface area (Å²) < 4.78 is 13.5. The lowest BCUT2D eigenvalue weighted by Gasteiger charge is -2.24. The van der Waals surface area contributed by atoms with E-state index in [0.29, 0.717) is 55.3 Å². The third kappa shape index (κ3) is 9.64. The van der Waals surface area contributed by atoms with E-state index in [0.717, 1.165) is 29.0 Å². The number of fused-ring (bicyclic) bond motifs is 13. The quantitative estimate of drug-likeness (QED) is 0.0953. The number of carbonyl (C=O) groups excluding carboxylic acids is 4. The Morgan fingerprint density at radius 3 is 1.27 bits per heavy atom. The summed E-state index contributed by atoms with van der Waals surface area (Å²) in [6, 6.07) is 49.2. The van der Waals surface area contributed by atoms with Gasteiger partial charge in [-0.2, -0.15) is 10.5 Å². The first-order valence-electron chi connectivity index (χ1n) is 22.4. The van der Waals surface area contributed by atoms with Crippen molar-refractivity contribution in [3.05, 3.63) is 196 Å². The molecule has 7 aromatic carbocycles. The molecule has 0 spiro atoms. The average molecular weight is 962 g/mol. The number of benzene rings is 7. The van der Waals surface area contributed by atoms with Crippen molar-refractivity contribution in [1.82, 2.24) is 9.97 Å². The SMILES string of the molecule is N#Cc1ccc(-c2cc3ccccc3c3c2OCC(=O)Nc2cccc(n2)NC(=O)c2cc(cc([N+](=O)[O-])c2)C(=O)Nc2cccc(n2)NC(=O)COc2c(-c4ccc(C#N)cc4)cc4ccccc4c2-3)cc1. The zero-order valence-corrected chi connectivity index (χ0v) is 38.0. The van der Waals surface area contributed by atoms with Crippen LogP contribution in [0.25, 0.3) is 54.9 Å². The molecule has 10 rings (SSSR count). The molecule has 3 heterocycles. The van der Waals surface area contributed by atoms with Gasteiger partial charge in [-0.3, -0.25) is 29.3 Å². The number of nitrogens with one attached hydrogen (secondary N) is 4. The van der Waals surface area contributed by atoms with Crippen LogP contribution in [0.15, 0.2) is 164 Å². The van der Waals surface area contributed by atoms with Gasteiger partial charge < -0.3 is 30.7 Å². The van der Waals surface area contributed by atoms with E-state index in [9.17, 15) is 39.8 Å². The third-order valence-electron chi connectivity index (χ3n) is 11.8. The molecule has 4 N–H and O–H groups in total. The molecule has 17 heteroatoms. The maximum Gasteiger partial charge on any atom is 0.271 e. The van der Waals surface area contributed by atoms with Crippen LogP contribution >= 0.6 is 0 Å². The maximum absolute atomic E-state index is 14.1. The Hall–Kier alpha value is -10.8. The summed E-state index contributed by atoms with van der Waals surface area (Å²) >= 11 is 0. The number of nitro benzene ring substituents is 1. The van der Waals surface area contributed by atoms with Crippen LogP contribution in [0.4, 0.5) is 29.0 Å². The molecule has 352 valence electrons. The minimum absolute atomic E-state index is 0.0203. The molecule has 0 saturated heterocycles. The largest absolute Gasteiger partial charge is 0.482 e. The van der Waals surface area contributed by atoms with E-state index in [1.165, 1.54) is 36.4 Å². The van der Waals surface area contributed by atoms with Gasteiger partial charge in [0.1, 0.15) is 34.8 Å². The van der Waals surface area contributed by atoms with Gasteiger partial charge in [0.05, 0.1) is 28.2 Å². The molecule has 0 radical (unpaired) electrons. The fourth-order valence-corrected chi connectivity index (χ4v) is 8.47. The van der Waals surface area contributed by atoms with Crippen LogP contribution in [0.3, 0.4) is 0 Å². The molecular weight excluding hydrogens is 927 g/mol. The predicted octanol–water partition coefficient (Wildman–Crippen LogP) is 10.3. The number of nitriles is 2. The zero-order valence-electron chi connectivity index (χ0n) is 38.0. The molecule has 0 saturated carbocycles. The van der Waals surface area contributed by atoms with Crippen LogP contribution in [0.2, 0.25) is 0 Å². The van der Waals surface area contributed by atoms with Crippen molar-refractivity contribution in [2.24, 2.45) is 0 Å². The smallest absolute Gasteiger partial charge is 0.271 e. The summed E-state index contributed by atoms with van der Waals surface area (Å²) in [4.78, 5) is 75.5. The lowest BCUT2D eigenvalue weighted by molar-refractivity contribution is -0.384. The van der Waals surface area contributed by atoms with E-state index in [1.807, 2.05) is 60.7 Å². The highest BCUT2D eigenvalue weighted by atomic mass is 16.6. The van der Waals surface area contributed by atoms with Gasteiger partial charge in [-0.1, -0.05) is 84.9 Å². The summed E-state index contributed by atoms with van der Waals surface area (Å²) in [5.41, 5.74) is 3.17. The molecule has 4 amide bonds. The van der Waals surface area contributed by atoms with Gasteiger partial charge in [0, 0.05) is 45.5 Å². The number of aromatic nitrogens is 2. The molecule has 9 aromatic rings. The monoisotopic (exact) mass is 961 g/mol. The van der Waals surface area contributed by atoms with Gasteiger partial charge >= 0.3 is 0 Å². The molecule has 0 atom stereocenters. The highest BCUT2D eigenvalue weighted by Crippen LogP contribution is 2.52. The first-order valence-corrected chi connectivity index (χ1v) is 22.4. The molecule has 2 aromatic heterocycles. The standard InChI is InChI=1S/C56H35N9O8/c57-28-32-15-19-34(20-16-32)43-26-36-7-1-3-9-41(36)51-52-42-10-4-2-8-37(42)27-44(35-21-17-33(29-58)18-22-35)54(52)73-31-50(67)62-46-12-6-14-48(60-46)64-56(69)39-23-38(24-40(25-39)65(70)71)55(68)63-47-13-5-11-45(59-47)61-49(66)30-72-53(43)51/h1-27H,30-31H2,(H2,59,61,63,66,68)(H2,60,62,64,67,69). The van der Waals surface area contributed by atoms with Crippen molar-refractivity contribution >= 4 is 74.1 Å². The van der Waals surface area contributed by atoms with Crippen LogP contribution in [0, 0.1) is 32.8 Å². The fourth-order valence-electron chi connectivity index (χ4n) is 8.47. The van der Waals surface area contributed by atoms with E-state index < -0.39 is 47.5 Å². The lowest BCUT2D eigenvalue weighted by atomic mass is 9.86. The second-order valence-electron chi connectivity index (χ2n) is 16.5. The van der Waals surface area contributed by atoms with Crippen molar-refractivity contribution in [1.29, 1.82) is 10.5 Å². The van der Waals surface area contributed by atoms with Gasteiger partial charge in [-0.25, -0.2) is 9.97 Å². The summed E-state index contributed by atoms with van der Waals surface area (Å²) in [6.07, 6.45) is 0. The Morgan fingerprint density at radius 1 is 0.479 bits per heavy atom. The fraction of sp³-hybridized carbons (Fsp3) is 0.0357. The van der Waals surface area contributed by atoms with Crippen LogP contribution in [-0.2, 0) is 9.59 Å². The maximum atomic E-state index is 14.1. The third-order valence-corrected chi connectivity index (χ3v) is 11.8. The van der Waals surface area contributed by atoms with Gasteiger partial charge in [-0.15, -0.1) is 0 Å². The zero-order chi connectivity index (χ0) is 50.6. The van der Waals surface area contributed by atoms with Gasteiger partial charge in [0.2, 0.25) is 0 Å². The average Bonchev–Trinajstić information content (AvgIpc) is 3.41. The van der Waals surface area contributed by atoms with E-state index in [4.69, 9.17) is 9.47 Å². The van der Waals surface area contributed by atoms with Crippen LogP contribution in [0.1, 0.15) is 31.8 Å². The molecule has 1 aliphatic rings. The second-order valence-corrected chi connectivity index (χ2v) is 16.5. The Balaban J connectivity index is 1.18. The number of pyridine rings is 2. The number of rotatable bonds is 3. The number of amides is 4. The number of carbonyl (C=O) groups is 4. The van der Waals surface area contributed by atoms with Crippen molar-refractivity contribution in [2.45, 2.75) is 0 Å². The topological polar surface area (TPSA) is 251 Å². The van der Waals surface area contributed by atoms with Crippen LogP contribution in [-0.4, -0.2) is 51.7 Å². The number of nitro groups is 1. The molecular formula is C56H35N9O8. The number of hydrogen-bond acceptors (Lipinski definition) is 12. The summed E-state index contributed by atoms with van der Waals surface area (Å²) in [5.74, 6) is -2.53. The Bertz CT molecular complexity index is 3610. The van der Waals surface area contributed by atoms with Crippen molar-refractivity contribution < 1.29 is 33.6 Å². The Morgan fingerprint density at radius 2 is 0.877 bits per heavy atom. The van der Waals surface area contributed by atoms with Crippen molar-refractivity contribution in [2.75, 3.05) is 34.5 Å². The van der Waals surface area contributed by atoms with E-state index in [1.54, 1.807) is 48.5 Å². The highest BCUT2D eigenvalue weighted by molar-refractivity contribution is 6.15. The second kappa shape index (κ2) is 19.7. The normalized spacial score (nSPS) is 12.8. The van der Waals surface area contributed by atoms with Gasteiger partial charge in [0.25, 0.3) is 29.3 Å². The highest BCUT2D eigenvalue weighted by Gasteiger charge is 2.27. The van der Waals surface area contributed by atoms with Crippen LogP contribution in [0.5, 0.6) is 11.5 Å². The molecule has 1 aliphatic heterocycles. The summed E-state index contributed by atoms with van der Waals surface area (Å²) in [6.45, 7) is -1.16. The van der Waals surface area contributed by atoms with E-state index >= 15 is 0 Å². The first-order chi connectivity index (χ1) is 35.5. The molecule has 0 fully saturated rings. The predicted molar refractivity (Wildman–Crippen MR) is 273 cm³/mol. The minimum Gasteiger partial charge on any atom is -0.482 e. The van der Waals surface area contributed by atoms with Gasteiger partial charge in [-0.05, 0) is 99.4 Å². The molecule has 73 heavy (non-hydrogen) atoms. The van der Waals surface area contributed by atoms with Crippen molar-refractivity contribution in [3.8, 4) is 57.0 Å². The molecule has 0 unspecified atom stereocenters. The first kappa shape index (κ1) is 46.0. The van der Waals surface area contributed by atoms with E-state index in [2.05, 4.69) is 43.4 Å².